The zero-order valence-electron chi connectivity index (χ0n) is 8.97. The van der Waals surface area contributed by atoms with Gasteiger partial charge in [-0.05, 0) is 13.8 Å². The highest BCUT2D eigenvalue weighted by Crippen LogP contribution is 2.16. The Morgan fingerprint density at radius 2 is 2.38 bits per heavy atom. The topological polar surface area (TPSA) is 76.7 Å². The van der Waals surface area contributed by atoms with Crippen molar-refractivity contribution in [3.05, 3.63) is 23.5 Å². The maximum absolute atomic E-state index is 11.5. The molecular formula is C10H11N3O3. The van der Waals surface area contributed by atoms with Gasteiger partial charge in [0.1, 0.15) is 5.56 Å². The fraction of sp³-hybridized carbons (Fsp3) is 0.300. The number of carbonyl (C=O) groups excluding carboxylic acids is 1. The normalized spacial score (nSPS) is 10.6. The predicted octanol–water partition coefficient (Wildman–Crippen LogP) is 0.920. The summed E-state index contributed by atoms with van der Waals surface area (Å²) < 4.78 is 6.22. The summed E-state index contributed by atoms with van der Waals surface area (Å²) in [5.74, 6) is -0.951. The summed E-state index contributed by atoms with van der Waals surface area (Å²) in [4.78, 5) is 15.3. The Kier molecular flexibility index (Phi) is 2.47. The molecule has 0 saturated carbocycles. The Balaban J connectivity index is 2.53. The Bertz CT molecular complexity index is 547. The van der Waals surface area contributed by atoms with Gasteiger partial charge in [-0.15, -0.1) is 0 Å². The number of aromatic hydroxyl groups is 1. The van der Waals surface area contributed by atoms with E-state index in [0.29, 0.717) is 5.65 Å². The van der Waals surface area contributed by atoms with E-state index >= 15 is 0 Å². The first kappa shape index (κ1) is 10.4. The largest absolute Gasteiger partial charge is 0.493 e. The fourth-order valence-electron chi connectivity index (χ4n) is 1.38. The first-order valence-corrected chi connectivity index (χ1v) is 4.85. The number of ether oxygens (including phenoxy) is 1. The maximum Gasteiger partial charge on any atom is 0.345 e. The van der Waals surface area contributed by atoms with Gasteiger partial charge in [0, 0.05) is 6.07 Å². The first-order chi connectivity index (χ1) is 7.61. The van der Waals surface area contributed by atoms with E-state index in [2.05, 4.69) is 10.1 Å². The lowest BCUT2D eigenvalue weighted by atomic mass is 10.3. The van der Waals surface area contributed by atoms with Gasteiger partial charge in [0.15, 0.2) is 5.65 Å². The summed E-state index contributed by atoms with van der Waals surface area (Å²) in [5.41, 5.74) is 1.26. The average Bonchev–Trinajstić information content (AvgIpc) is 2.56. The number of carbonyl (C=O) groups is 1. The molecule has 0 spiro atoms. The average molecular weight is 221 g/mol. The maximum atomic E-state index is 11.5. The summed E-state index contributed by atoms with van der Waals surface area (Å²) in [7, 11) is 0. The van der Waals surface area contributed by atoms with Crippen molar-refractivity contribution in [1.82, 2.24) is 14.6 Å². The molecule has 0 fully saturated rings. The third-order valence-corrected chi connectivity index (χ3v) is 2.05. The molecule has 16 heavy (non-hydrogen) atoms. The molecule has 0 saturated heterocycles. The molecule has 0 aromatic carbocycles. The molecule has 0 aliphatic carbocycles. The summed E-state index contributed by atoms with van der Waals surface area (Å²) >= 11 is 0. The van der Waals surface area contributed by atoms with Gasteiger partial charge in [0.2, 0.25) is 5.88 Å². The molecule has 2 heterocycles. The van der Waals surface area contributed by atoms with Crippen LogP contribution in [0.5, 0.6) is 5.88 Å². The molecule has 0 aliphatic heterocycles. The monoisotopic (exact) mass is 221 g/mol. The van der Waals surface area contributed by atoms with E-state index in [4.69, 9.17) is 4.74 Å². The van der Waals surface area contributed by atoms with Crippen molar-refractivity contribution in [1.29, 1.82) is 0 Å². The van der Waals surface area contributed by atoms with Gasteiger partial charge in [-0.3, -0.25) is 0 Å². The minimum absolute atomic E-state index is 0.0115. The zero-order chi connectivity index (χ0) is 11.7. The van der Waals surface area contributed by atoms with E-state index in [9.17, 15) is 9.90 Å². The predicted molar refractivity (Wildman–Crippen MR) is 55.3 cm³/mol. The van der Waals surface area contributed by atoms with Gasteiger partial charge in [-0.2, -0.15) is 10.1 Å². The second-order valence-electron chi connectivity index (χ2n) is 3.29. The Labute approximate surface area is 91.5 Å². The van der Waals surface area contributed by atoms with Crippen molar-refractivity contribution in [2.75, 3.05) is 6.61 Å². The van der Waals surface area contributed by atoms with Gasteiger partial charge in [0.05, 0.1) is 18.5 Å². The molecule has 2 aromatic heterocycles. The summed E-state index contributed by atoms with van der Waals surface area (Å²) in [5, 5.41) is 13.7. The summed E-state index contributed by atoms with van der Waals surface area (Å²) in [6, 6.07) is 1.70. The Hall–Kier alpha value is -2.11. The molecule has 84 valence electrons. The van der Waals surface area contributed by atoms with E-state index in [1.165, 1.54) is 10.7 Å². The molecule has 6 heteroatoms. The molecule has 2 rings (SSSR count). The number of rotatable bonds is 2. The molecule has 0 amide bonds. The van der Waals surface area contributed by atoms with Crippen molar-refractivity contribution < 1.29 is 14.6 Å². The van der Waals surface area contributed by atoms with Gasteiger partial charge in [-0.1, -0.05) is 0 Å². The molecule has 0 radical (unpaired) electrons. The van der Waals surface area contributed by atoms with Crippen LogP contribution in [0.1, 0.15) is 23.0 Å². The number of fused-ring (bicyclic) bond motifs is 1. The number of nitrogens with zero attached hydrogens (tertiary/aromatic N) is 3. The molecule has 0 aliphatic rings. The smallest absolute Gasteiger partial charge is 0.345 e. The molecule has 2 aromatic rings. The lowest BCUT2D eigenvalue weighted by Crippen LogP contribution is -2.07. The summed E-state index contributed by atoms with van der Waals surface area (Å²) in [6.45, 7) is 3.74. The third-order valence-electron chi connectivity index (χ3n) is 2.05. The van der Waals surface area contributed by atoms with Crippen LogP contribution in [0.25, 0.3) is 5.65 Å². The Morgan fingerprint density at radius 1 is 1.62 bits per heavy atom. The lowest BCUT2D eigenvalue weighted by Gasteiger charge is -2.03. The summed E-state index contributed by atoms with van der Waals surface area (Å²) in [6.07, 6.45) is 1.41. The highest BCUT2D eigenvalue weighted by atomic mass is 16.5. The second kappa shape index (κ2) is 3.80. The standard InChI is InChI=1S/C10H11N3O3/c1-3-16-10(15)7-5-13-8(11-9(7)14)4-6(2)12-13/h4-5H,3H2,1-2H3,(H,11,14). The van der Waals surface area contributed by atoms with Crippen LogP contribution in [0.2, 0.25) is 0 Å². The van der Waals surface area contributed by atoms with Crippen LogP contribution in [0.4, 0.5) is 0 Å². The van der Waals surface area contributed by atoms with Crippen LogP contribution in [0.15, 0.2) is 12.3 Å². The number of hydrogen-bond donors (Lipinski definition) is 1. The number of hydrogen-bond acceptors (Lipinski definition) is 5. The number of aryl methyl sites for hydroxylation is 1. The van der Waals surface area contributed by atoms with Crippen molar-refractivity contribution in [2.45, 2.75) is 13.8 Å². The molecule has 6 nitrogen and oxygen atoms in total. The van der Waals surface area contributed by atoms with E-state index in [0.717, 1.165) is 5.69 Å². The van der Waals surface area contributed by atoms with Crippen LogP contribution < -0.4 is 0 Å². The van der Waals surface area contributed by atoms with Crippen LogP contribution in [0.3, 0.4) is 0 Å². The SMILES string of the molecule is CCOC(=O)c1cn2nc(C)cc2nc1O. The Morgan fingerprint density at radius 3 is 3.06 bits per heavy atom. The molecule has 0 bridgehead atoms. The van der Waals surface area contributed by atoms with Gasteiger partial charge in [-0.25, -0.2) is 9.31 Å². The number of aromatic nitrogens is 3. The molecule has 0 atom stereocenters. The van der Waals surface area contributed by atoms with E-state index in [1.54, 1.807) is 19.9 Å². The highest BCUT2D eigenvalue weighted by Gasteiger charge is 2.15. The van der Waals surface area contributed by atoms with Crippen molar-refractivity contribution in [2.24, 2.45) is 0 Å². The third kappa shape index (κ3) is 1.69. The van der Waals surface area contributed by atoms with E-state index < -0.39 is 5.97 Å². The molecular weight excluding hydrogens is 210 g/mol. The van der Waals surface area contributed by atoms with Crippen molar-refractivity contribution in [3.63, 3.8) is 0 Å². The van der Waals surface area contributed by atoms with Gasteiger partial charge in [0.25, 0.3) is 0 Å². The fourth-order valence-corrected chi connectivity index (χ4v) is 1.38. The molecule has 0 unspecified atom stereocenters. The van der Waals surface area contributed by atoms with Gasteiger partial charge < -0.3 is 9.84 Å². The zero-order valence-corrected chi connectivity index (χ0v) is 8.97. The quantitative estimate of drug-likeness (QED) is 0.763. The van der Waals surface area contributed by atoms with Crippen molar-refractivity contribution in [3.8, 4) is 5.88 Å². The van der Waals surface area contributed by atoms with E-state index in [-0.39, 0.29) is 18.1 Å². The minimum Gasteiger partial charge on any atom is -0.493 e. The molecule has 1 N–H and O–H groups in total. The minimum atomic E-state index is -0.609. The van der Waals surface area contributed by atoms with Crippen LogP contribution in [0, 0.1) is 6.92 Å². The lowest BCUT2D eigenvalue weighted by molar-refractivity contribution is 0.0521. The number of esters is 1. The van der Waals surface area contributed by atoms with Crippen LogP contribution in [-0.4, -0.2) is 32.3 Å². The first-order valence-electron chi connectivity index (χ1n) is 4.85. The van der Waals surface area contributed by atoms with E-state index in [1.807, 2.05) is 0 Å². The van der Waals surface area contributed by atoms with Crippen LogP contribution in [-0.2, 0) is 4.74 Å². The van der Waals surface area contributed by atoms with Crippen molar-refractivity contribution >= 4 is 11.6 Å². The van der Waals surface area contributed by atoms with Gasteiger partial charge >= 0.3 is 5.97 Å². The highest BCUT2D eigenvalue weighted by molar-refractivity contribution is 5.91. The second-order valence-corrected chi connectivity index (χ2v) is 3.29. The van der Waals surface area contributed by atoms with Crippen LogP contribution >= 0.6 is 0 Å².